The monoisotopic (exact) mass is 419 g/mol. The average molecular weight is 419 g/mol. The van der Waals surface area contributed by atoms with Crippen molar-refractivity contribution in [1.29, 1.82) is 0 Å². The van der Waals surface area contributed by atoms with Gasteiger partial charge < -0.3 is 24.4 Å². The fourth-order valence-corrected chi connectivity index (χ4v) is 0. The van der Waals surface area contributed by atoms with E-state index in [1.165, 1.54) is 0 Å². The molecule has 0 spiro atoms. The molecule has 2 radical (unpaired) electrons. The molecular weight excluding hydrogens is 415 g/mol. The molecular formula is H4BiNO8S2. The van der Waals surface area contributed by atoms with Crippen LogP contribution in [-0.2, 0) is 20.8 Å². The molecule has 0 heterocycles. The Labute approximate surface area is 88.0 Å². The molecule has 0 aliphatic heterocycles. The minimum Gasteiger partial charge on any atom is -0.759 e. The van der Waals surface area contributed by atoms with Crippen LogP contribution in [0.25, 0.3) is 0 Å². The summed E-state index contributed by atoms with van der Waals surface area (Å²) in [5, 5.41) is 0. The Kier molecular flexibility index (Phi) is 15.6. The summed E-state index contributed by atoms with van der Waals surface area (Å²) in [6.45, 7) is 0. The summed E-state index contributed by atoms with van der Waals surface area (Å²) in [4.78, 5) is 0. The van der Waals surface area contributed by atoms with Crippen molar-refractivity contribution < 1.29 is 35.0 Å². The zero-order chi connectivity index (χ0) is 9.00. The second-order valence-corrected chi connectivity index (χ2v) is 2.45. The molecule has 0 saturated carbocycles. The summed E-state index contributed by atoms with van der Waals surface area (Å²) in [6, 6.07) is 0. The van der Waals surface area contributed by atoms with E-state index >= 15 is 0 Å². The van der Waals surface area contributed by atoms with E-state index in [0.29, 0.717) is 0 Å². The third kappa shape index (κ3) is 2860. The first-order valence-electron chi connectivity index (χ1n) is 1.33. The molecule has 0 fully saturated rings. The van der Waals surface area contributed by atoms with Gasteiger partial charge in [0.15, 0.2) is 0 Å². The van der Waals surface area contributed by atoms with Gasteiger partial charge in [-0.2, -0.15) is 0 Å². The zero-order valence-corrected chi connectivity index (χ0v) is 10.6. The topological polar surface area (TPSA) is 197 Å². The van der Waals surface area contributed by atoms with E-state index < -0.39 is 20.8 Å². The normalized spacial score (nSPS) is 9.67. The van der Waals surface area contributed by atoms with Crippen LogP contribution in [0.15, 0.2) is 0 Å². The Bertz CT molecular complexity index is 213. The molecule has 0 aliphatic carbocycles. The van der Waals surface area contributed by atoms with E-state index in [4.69, 9.17) is 35.0 Å². The van der Waals surface area contributed by atoms with Gasteiger partial charge in [-0.1, -0.05) is 0 Å². The Morgan fingerprint density at radius 2 is 0.667 bits per heavy atom. The van der Waals surface area contributed by atoms with Gasteiger partial charge in [-0.15, -0.1) is 0 Å². The van der Waals surface area contributed by atoms with Crippen molar-refractivity contribution in [3.63, 3.8) is 0 Å². The van der Waals surface area contributed by atoms with Gasteiger partial charge in [0.25, 0.3) is 0 Å². The number of hydrogen-bond donors (Lipinski definition) is 1. The van der Waals surface area contributed by atoms with Crippen LogP contribution in [0.1, 0.15) is 0 Å². The molecule has 0 unspecified atom stereocenters. The zero-order valence-electron chi connectivity index (χ0n) is 5.53. The average Bonchev–Trinajstić information content (AvgIpc) is 1.12. The molecule has 12 heteroatoms. The van der Waals surface area contributed by atoms with Gasteiger partial charge in [0.1, 0.15) is 0 Å². The number of hydrogen-bond acceptors (Lipinski definition) is 8. The second kappa shape index (κ2) is 8.19. The van der Waals surface area contributed by atoms with Crippen LogP contribution in [0.5, 0.6) is 0 Å². The van der Waals surface area contributed by atoms with E-state index in [-0.39, 0.29) is 32.4 Å². The molecule has 4 N–H and O–H groups in total. The minimum atomic E-state index is -5.17. The predicted octanol–water partition coefficient (Wildman–Crippen LogP) is -2.68. The summed E-state index contributed by atoms with van der Waals surface area (Å²) < 4.78 is 68.2. The molecule has 0 amide bonds. The Hall–Kier alpha value is 0.583. The van der Waals surface area contributed by atoms with Crippen LogP contribution < -0.4 is 6.15 Å². The van der Waals surface area contributed by atoms with Gasteiger partial charge in [0.05, 0.1) is 0 Å². The maximum absolute atomic E-state index is 8.52. The molecule has 0 bridgehead atoms. The van der Waals surface area contributed by atoms with Gasteiger partial charge in [-0.25, -0.2) is 0 Å². The van der Waals surface area contributed by atoms with Crippen LogP contribution in [0.3, 0.4) is 0 Å². The van der Waals surface area contributed by atoms with Crippen molar-refractivity contribution in [1.82, 2.24) is 6.15 Å². The number of quaternary nitrogens is 1. The van der Waals surface area contributed by atoms with Gasteiger partial charge in [-0.05, 0) is 0 Å². The first-order chi connectivity index (χ1) is 4.00. The van der Waals surface area contributed by atoms with Crippen molar-refractivity contribution in [3.05, 3.63) is 0 Å². The van der Waals surface area contributed by atoms with Crippen LogP contribution in [-0.4, -0.2) is 61.3 Å². The molecule has 0 saturated heterocycles. The SMILES string of the molecule is O=S(=O)([O-])[O-].O=S(=O)([O-])[O-].[Bi+3].[NH4+]. The first kappa shape index (κ1) is 22.9. The quantitative estimate of drug-likeness (QED) is 0.249. The molecule has 0 aromatic rings. The van der Waals surface area contributed by atoms with Crippen LogP contribution in [0, 0.1) is 0 Å². The Balaban J connectivity index is -0.0000000457. The summed E-state index contributed by atoms with van der Waals surface area (Å²) in [6.07, 6.45) is 0. The molecule has 0 rings (SSSR count). The summed E-state index contributed by atoms with van der Waals surface area (Å²) in [7, 11) is -10.3. The van der Waals surface area contributed by atoms with E-state index in [1.807, 2.05) is 0 Å². The summed E-state index contributed by atoms with van der Waals surface area (Å²) in [5.74, 6) is 0. The summed E-state index contributed by atoms with van der Waals surface area (Å²) >= 11 is 0. The molecule has 12 heavy (non-hydrogen) atoms. The van der Waals surface area contributed by atoms with Gasteiger partial charge in [0, 0.05) is 20.8 Å². The fraction of sp³-hybridized carbons (Fsp3) is 0. The van der Waals surface area contributed by atoms with Crippen molar-refractivity contribution in [3.8, 4) is 0 Å². The van der Waals surface area contributed by atoms with E-state index in [1.54, 1.807) is 0 Å². The van der Waals surface area contributed by atoms with Crippen molar-refractivity contribution in [2.24, 2.45) is 0 Å². The third-order valence-corrected chi connectivity index (χ3v) is 0. The van der Waals surface area contributed by atoms with Gasteiger partial charge in [-0.3, -0.25) is 16.8 Å². The molecule has 9 nitrogen and oxygen atoms in total. The summed E-state index contributed by atoms with van der Waals surface area (Å²) in [5.41, 5.74) is 0. The fourth-order valence-electron chi connectivity index (χ4n) is 0. The predicted molar refractivity (Wildman–Crippen MR) is 32.7 cm³/mol. The Morgan fingerprint density at radius 3 is 0.667 bits per heavy atom. The molecule has 74 valence electrons. The maximum atomic E-state index is 8.52. The first-order valence-corrected chi connectivity index (χ1v) is 4.00. The molecule has 0 aromatic heterocycles. The van der Waals surface area contributed by atoms with E-state index in [9.17, 15) is 0 Å². The largest absolute Gasteiger partial charge is 3.00 e. The van der Waals surface area contributed by atoms with Crippen molar-refractivity contribution in [2.45, 2.75) is 0 Å². The number of rotatable bonds is 0. The second-order valence-electron chi connectivity index (χ2n) is 0.816. The van der Waals surface area contributed by atoms with Gasteiger partial charge >= 0.3 is 26.2 Å². The third-order valence-electron chi connectivity index (χ3n) is 0. The van der Waals surface area contributed by atoms with Crippen molar-refractivity contribution >= 4 is 47.0 Å². The van der Waals surface area contributed by atoms with Crippen LogP contribution in [0.4, 0.5) is 0 Å². The maximum Gasteiger partial charge on any atom is 3.00 e. The van der Waals surface area contributed by atoms with E-state index in [2.05, 4.69) is 0 Å². The smallest absolute Gasteiger partial charge is 0.759 e. The van der Waals surface area contributed by atoms with Crippen molar-refractivity contribution in [2.75, 3.05) is 0 Å². The Morgan fingerprint density at radius 1 is 0.667 bits per heavy atom. The van der Waals surface area contributed by atoms with Gasteiger partial charge in [0.2, 0.25) is 0 Å². The molecule has 0 atom stereocenters. The minimum absolute atomic E-state index is 0. The standard InChI is InChI=1S/Bi.H3N.2H2O4S/c;;2*1-5(2,3)4/h;1H3;2*(H2,1,2,3,4)/q+3;;;/p-3. The van der Waals surface area contributed by atoms with Crippen LogP contribution in [0.2, 0.25) is 0 Å². The molecule has 0 aliphatic rings. The molecule has 0 aromatic carbocycles. The van der Waals surface area contributed by atoms with E-state index in [0.717, 1.165) is 0 Å². The van der Waals surface area contributed by atoms with Crippen LogP contribution >= 0.6 is 0 Å².